The van der Waals surface area contributed by atoms with Gasteiger partial charge in [-0.2, -0.15) is 0 Å². The Morgan fingerprint density at radius 1 is 0.202 bits per heavy atom. The van der Waals surface area contributed by atoms with Gasteiger partial charge in [-0.05, 0) is 370 Å². The van der Waals surface area contributed by atoms with Crippen molar-refractivity contribution in [2.45, 2.75) is 230 Å². The summed E-state index contributed by atoms with van der Waals surface area (Å²) in [7, 11) is 0. The monoisotopic (exact) mass is 1480 g/mol. The molecule has 0 radical (unpaired) electrons. The normalized spacial score (nSPS) is 26.8. The molecule has 4 heterocycles. The van der Waals surface area contributed by atoms with E-state index >= 15 is 0 Å². The van der Waals surface area contributed by atoms with Crippen molar-refractivity contribution >= 4 is 110 Å². The van der Waals surface area contributed by atoms with E-state index in [-0.39, 0.29) is 43.8 Å². The molecule has 4 fully saturated rings. The van der Waals surface area contributed by atoms with Crippen molar-refractivity contribution in [3.8, 4) is 44.5 Å². The number of para-hydroxylation sites is 4. The molecule has 23 rings (SSSR count). The van der Waals surface area contributed by atoms with Crippen molar-refractivity contribution in [3.05, 3.63) is 275 Å². The van der Waals surface area contributed by atoms with Crippen LogP contribution in [0, 0.1) is 27.7 Å². The van der Waals surface area contributed by atoms with Crippen LogP contribution in [0.2, 0.25) is 0 Å². The number of anilines is 8. The van der Waals surface area contributed by atoms with Gasteiger partial charge in [-0.3, -0.25) is 0 Å². The third kappa shape index (κ3) is 8.60. The predicted octanol–water partition coefficient (Wildman–Crippen LogP) is 30.4. The molecule has 4 aliphatic heterocycles. The van der Waals surface area contributed by atoms with Gasteiger partial charge in [0.25, 0.3) is 0 Å². The molecule has 8 unspecified atom stereocenters. The van der Waals surface area contributed by atoms with E-state index in [4.69, 9.17) is 0 Å². The molecule has 0 aromatic heterocycles. The van der Waals surface area contributed by atoms with Crippen molar-refractivity contribution in [2.24, 2.45) is 0 Å². The van der Waals surface area contributed by atoms with Gasteiger partial charge in [0.05, 0.1) is 22.2 Å². The summed E-state index contributed by atoms with van der Waals surface area (Å²) in [5.74, 6) is 0. The second-order valence-electron chi connectivity index (χ2n) is 38.8. The standard InChI is InChI=1S/C110H106N4/c1-67-57-95-91(103(5)49-25-29-53-107(103,9)111(95)71-33-17-13-18-34-71)63-83(67)75-41-45-79-87-61-89-81-47-43-77(85-65-93-97(59-69(85)3)113(73-37-21-15-22-38-73)109(11)55-31-27-51-105(93,109)7)100-78(86-66-94-98(60-70(86)4)114(74-39-23-16-24-40-74)110(12)56-32-28-52-106(94,110)8)44-48-82(102(81)100)90(89)62-88(87)80-46-42-76(99(75)101(79)80)84-64-92-96(58-68(84)2)112(72-35-19-14-20-36-72)108(10)54-30-26-50-104(92,108)6/h13-24,33-48,57-66H,25-32,49-56H2,1-12H3. The maximum Gasteiger partial charge on any atom is 0.0517 e. The van der Waals surface area contributed by atoms with Crippen LogP contribution in [0.15, 0.2) is 231 Å². The lowest BCUT2D eigenvalue weighted by atomic mass is 9.61. The van der Waals surface area contributed by atoms with Crippen LogP contribution in [0.5, 0.6) is 0 Å². The highest BCUT2D eigenvalue weighted by Gasteiger charge is 2.62. The van der Waals surface area contributed by atoms with E-state index in [1.54, 1.807) is 0 Å². The highest BCUT2D eigenvalue weighted by Crippen LogP contribution is 2.68. The molecule has 0 amide bonds. The minimum Gasteiger partial charge on any atom is -0.334 e. The first-order chi connectivity index (χ1) is 55.1. The Morgan fingerprint density at radius 2 is 0.412 bits per heavy atom. The Morgan fingerprint density at radius 3 is 0.632 bits per heavy atom. The molecule has 114 heavy (non-hydrogen) atoms. The first-order valence-corrected chi connectivity index (χ1v) is 43.6. The van der Waals surface area contributed by atoms with Crippen molar-refractivity contribution in [1.82, 2.24) is 0 Å². The first kappa shape index (κ1) is 69.1. The lowest BCUT2D eigenvalue weighted by Crippen LogP contribution is -2.54. The number of rotatable bonds is 8. The molecule has 0 saturated heterocycles. The van der Waals surface area contributed by atoms with Gasteiger partial charge in [0, 0.05) is 67.2 Å². The zero-order valence-electron chi connectivity index (χ0n) is 69.0. The smallest absolute Gasteiger partial charge is 0.0517 e. The Kier molecular flexibility index (Phi) is 14.3. The quantitative estimate of drug-likeness (QED) is 0.150. The topological polar surface area (TPSA) is 13.0 Å². The minimum absolute atomic E-state index is 0.0446. The fourth-order valence-electron chi connectivity index (χ4n) is 26.9. The summed E-state index contributed by atoms with van der Waals surface area (Å²) in [5, 5.41) is 16.3. The summed E-state index contributed by atoms with van der Waals surface area (Å²) < 4.78 is 0. The van der Waals surface area contributed by atoms with Gasteiger partial charge in [-0.1, -0.05) is 200 Å². The van der Waals surface area contributed by atoms with Gasteiger partial charge in [0.15, 0.2) is 0 Å². The summed E-state index contributed by atoms with van der Waals surface area (Å²) in [6.07, 6.45) is 19.3. The van der Waals surface area contributed by atoms with Gasteiger partial charge < -0.3 is 19.6 Å². The molecule has 15 aromatic carbocycles. The van der Waals surface area contributed by atoms with E-state index in [2.05, 4.69) is 333 Å². The Bertz CT molecular complexity index is 5810. The largest absolute Gasteiger partial charge is 0.334 e. The Balaban J connectivity index is 0.778. The van der Waals surface area contributed by atoms with Gasteiger partial charge >= 0.3 is 0 Å². The molecule has 4 saturated carbocycles. The number of nitrogens with zero attached hydrogens (tertiary/aromatic N) is 4. The van der Waals surface area contributed by atoms with Crippen LogP contribution in [0.4, 0.5) is 45.5 Å². The zero-order chi connectivity index (χ0) is 77.3. The van der Waals surface area contributed by atoms with Crippen LogP contribution in [0.3, 0.4) is 0 Å². The summed E-state index contributed by atoms with van der Waals surface area (Å²) in [4.78, 5) is 11.0. The van der Waals surface area contributed by atoms with E-state index < -0.39 is 0 Å². The molecule has 0 bridgehead atoms. The third-order valence-electron chi connectivity index (χ3n) is 33.7. The second-order valence-corrected chi connectivity index (χ2v) is 38.8. The summed E-state index contributed by atoms with van der Waals surface area (Å²) in [5.41, 5.74) is 32.4. The molecular weight excluding hydrogens is 1380 g/mol. The molecule has 0 spiro atoms. The number of hydrogen-bond donors (Lipinski definition) is 0. The van der Waals surface area contributed by atoms with E-state index in [9.17, 15) is 0 Å². The van der Waals surface area contributed by atoms with Gasteiger partial charge in [-0.15, -0.1) is 0 Å². The Labute approximate surface area is 674 Å². The molecule has 4 aliphatic carbocycles. The maximum atomic E-state index is 2.76. The van der Waals surface area contributed by atoms with Crippen LogP contribution in [-0.2, 0) is 21.7 Å². The highest BCUT2D eigenvalue weighted by atomic mass is 15.3. The van der Waals surface area contributed by atoms with E-state index in [0.29, 0.717) is 0 Å². The molecule has 8 atom stereocenters. The van der Waals surface area contributed by atoms with Crippen LogP contribution in [0.1, 0.15) is 203 Å². The van der Waals surface area contributed by atoms with Crippen LogP contribution in [0.25, 0.3) is 109 Å². The van der Waals surface area contributed by atoms with Crippen LogP contribution < -0.4 is 19.6 Å². The molecule has 4 heteroatoms. The van der Waals surface area contributed by atoms with Crippen molar-refractivity contribution in [2.75, 3.05) is 19.6 Å². The molecule has 0 N–H and O–H groups in total. The number of fused-ring (bicyclic) bond motifs is 18. The Hall–Kier alpha value is -10.4. The maximum absolute atomic E-state index is 2.76. The number of hydrogen-bond acceptors (Lipinski definition) is 4. The van der Waals surface area contributed by atoms with Crippen LogP contribution in [-0.4, -0.2) is 22.2 Å². The molecule has 15 aromatic rings. The fourth-order valence-corrected chi connectivity index (χ4v) is 26.9. The first-order valence-electron chi connectivity index (χ1n) is 43.6. The van der Waals surface area contributed by atoms with E-state index in [1.807, 2.05) is 0 Å². The summed E-state index contributed by atoms with van der Waals surface area (Å²) in [6.45, 7) is 30.5. The molecule has 8 aliphatic rings. The van der Waals surface area contributed by atoms with Crippen LogP contribution >= 0.6 is 0 Å². The average Bonchev–Trinajstić information content (AvgIpc) is 1.56. The van der Waals surface area contributed by atoms with Gasteiger partial charge in [0.2, 0.25) is 0 Å². The lowest BCUT2D eigenvalue weighted by Gasteiger charge is -2.50. The van der Waals surface area contributed by atoms with Gasteiger partial charge in [-0.25, -0.2) is 0 Å². The van der Waals surface area contributed by atoms with Gasteiger partial charge in [0.1, 0.15) is 0 Å². The molecule has 4 nitrogen and oxygen atoms in total. The fraction of sp³-hybridized carbons (Fsp3) is 0.327. The molecular formula is C110H106N4. The third-order valence-corrected chi connectivity index (χ3v) is 33.7. The zero-order valence-corrected chi connectivity index (χ0v) is 69.0. The summed E-state index contributed by atoms with van der Waals surface area (Å²) in [6, 6.07) is 92.5. The number of benzene rings is 13. The average molecular weight is 1480 g/mol. The van der Waals surface area contributed by atoms with Crippen molar-refractivity contribution < 1.29 is 0 Å². The lowest BCUT2D eigenvalue weighted by molar-refractivity contribution is 0.195. The SMILES string of the molecule is Cc1cc2c(cc1-c1ccc3c4cc5c(cc4c4ccc(-c6cc7c(cc6C)N(c6ccccc6)C6(C)CCCCC76C)c1c34)c1ccc(-c3cc4c(cc3C)N(c3ccccc3)C3(C)CCCCC43C)c3c(-c4cc6c(cc4C)N(c4ccccc4)C4(C)CCCCC64C)ccc5c31)C1(C)CCCCC1(C)N2c1ccccc1. The number of aryl methyl sites for hydroxylation is 4. The minimum atomic E-state index is -0.0660. The van der Waals surface area contributed by atoms with E-state index in [0.717, 1.165) is 25.7 Å². The second kappa shape index (κ2) is 23.6. The summed E-state index contributed by atoms with van der Waals surface area (Å²) >= 11 is 0. The van der Waals surface area contributed by atoms with Crippen molar-refractivity contribution in [3.63, 3.8) is 0 Å². The highest BCUT2D eigenvalue weighted by molar-refractivity contribution is 6.40. The molecule has 566 valence electrons. The predicted molar refractivity (Wildman–Crippen MR) is 486 cm³/mol. The van der Waals surface area contributed by atoms with E-state index in [1.165, 1.54) is 276 Å². The van der Waals surface area contributed by atoms with Crippen molar-refractivity contribution in [1.29, 1.82) is 0 Å².